The fourth-order valence-corrected chi connectivity index (χ4v) is 6.84. The molecule has 0 spiro atoms. The highest BCUT2D eigenvalue weighted by Gasteiger charge is 2.58. The Labute approximate surface area is 232 Å². The van der Waals surface area contributed by atoms with Crippen LogP contribution in [0.1, 0.15) is 79.3 Å². The highest BCUT2D eigenvalue weighted by atomic mass is 32.1. The number of nitrogens with one attached hydrogen (secondary N) is 1. The maximum atomic E-state index is 13.3. The molecule has 1 aromatic heterocycles. The van der Waals surface area contributed by atoms with Crippen molar-refractivity contribution in [2.45, 2.75) is 104 Å². The Kier molecular flexibility index (Phi) is 10.6. The van der Waals surface area contributed by atoms with Gasteiger partial charge in [0.2, 0.25) is 0 Å². The number of ether oxygens (including phenoxy) is 1. The van der Waals surface area contributed by atoms with Gasteiger partial charge in [-0.1, -0.05) is 34.1 Å². The van der Waals surface area contributed by atoms with Crippen LogP contribution < -0.4 is 5.32 Å². The van der Waals surface area contributed by atoms with Crippen molar-refractivity contribution in [1.29, 1.82) is 0 Å². The van der Waals surface area contributed by atoms with Gasteiger partial charge in [-0.3, -0.25) is 9.69 Å². The highest BCUT2D eigenvalue weighted by molar-refractivity contribution is 7.13. The number of nitrogens with zero attached hydrogens (tertiary/aromatic N) is 2. The molecule has 4 N–H and O–H groups in total. The lowest BCUT2D eigenvalue weighted by Gasteiger charge is -2.35. The number of aliphatic hydroxyl groups excluding tert-OH is 3. The summed E-state index contributed by atoms with van der Waals surface area (Å²) in [4.78, 5) is 20.3. The van der Waals surface area contributed by atoms with Crippen LogP contribution in [0.3, 0.4) is 0 Å². The van der Waals surface area contributed by atoms with Gasteiger partial charge in [-0.05, 0) is 57.1 Å². The normalized spacial score (nSPS) is 37.5. The van der Waals surface area contributed by atoms with E-state index in [-0.39, 0.29) is 36.0 Å². The fraction of sp³-hybridized carbons (Fsp3) is 0.793. The first-order chi connectivity index (χ1) is 17.9. The molecule has 2 saturated heterocycles. The molecule has 0 aromatic carbocycles. The summed E-state index contributed by atoms with van der Waals surface area (Å²) < 4.78 is 6.42. The van der Waals surface area contributed by atoms with Crippen LogP contribution >= 0.6 is 11.3 Å². The minimum absolute atomic E-state index is 0.0243. The zero-order valence-electron chi connectivity index (χ0n) is 24.2. The van der Waals surface area contributed by atoms with Crippen molar-refractivity contribution < 1.29 is 24.9 Å². The molecule has 9 heteroatoms. The van der Waals surface area contributed by atoms with E-state index in [9.17, 15) is 20.1 Å². The van der Waals surface area contributed by atoms with Crippen molar-refractivity contribution in [2.75, 3.05) is 32.1 Å². The molecule has 0 amide bonds. The predicted molar refractivity (Wildman–Crippen MR) is 153 cm³/mol. The quantitative estimate of drug-likeness (QED) is 0.407. The SMILES string of the molecule is CNc1nc(/C=C(\C)[C@@H]2C[C@@H]3N(CCO)[C@]3(C)CCC[C@H](C)[C@H](O)[C@@H](C)C(=O)C(C)(C)[C@@H](O)CCO2)cs1. The van der Waals surface area contributed by atoms with Gasteiger partial charge in [-0.15, -0.1) is 11.3 Å². The first-order valence-electron chi connectivity index (χ1n) is 14.1. The number of β-amino-alcohol motifs (C(OH)–C–C–N with tert-alkyl or cyclic N) is 1. The highest BCUT2D eigenvalue weighted by Crippen LogP contribution is 2.48. The van der Waals surface area contributed by atoms with Gasteiger partial charge in [0.1, 0.15) is 5.78 Å². The third-order valence-electron chi connectivity index (χ3n) is 9.11. The molecule has 1 unspecified atom stereocenters. The van der Waals surface area contributed by atoms with E-state index in [1.165, 1.54) is 0 Å². The van der Waals surface area contributed by atoms with Crippen LogP contribution in [-0.4, -0.2) is 87.7 Å². The van der Waals surface area contributed by atoms with Crippen LogP contribution in [0.25, 0.3) is 6.08 Å². The molecule has 216 valence electrons. The lowest BCUT2D eigenvalue weighted by molar-refractivity contribution is -0.142. The number of aromatic nitrogens is 1. The lowest BCUT2D eigenvalue weighted by Crippen LogP contribution is -2.45. The molecule has 2 fully saturated rings. The summed E-state index contributed by atoms with van der Waals surface area (Å²) in [6.07, 6.45) is 4.03. The first kappa shape index (κ1) is 31.2. The first-order valence-corrected chi connectivity index (χ1v) is 15.0. The lowest BCUT2D eigenvalue weighted by atomic mass is 9.73. The number of ketones is 1. The van der Waals surface area contributed by atoms with E-state index in [2.05, 4.69) is 35.1 Å². The third-order valence-corrected chi connectivity index (χ3v) is 9.99. The Morgan fingerprint density at radius 3 is 2.63 bits per heavy atom. The van der Waals surface area contributed by atoms with E-state index in [0.717, 1.165) is 42.1 Å². The molecule has 0 aliphatic carbocycles. The van der Waals surface area contributed by atoms with Gasteiger partial charge in [0.25, 0.3) is 0 Å². The van der Waals surface area contributed by atoms with Crippen LogP contribution in [0.2, 0.25) is 0 Å². The summed E-state index contributed by atoms with van der Waals surface area (Å²) in [6.45, 7) is 12.7. The smallest absolute Gasteiger partial charge is 0.182 e. The number of Topliss-reactive ketones (excluding diaryl/α,β-unsaturated/α-hetero) is 1. The summed E-state index contributed by atoms with van der Waals surface area (Å²) in [7, 11) is 1.85. The summed E-state index contributed by atoms with van der Waals surface area (Å²) >= 11 is 1.55. The second kappa shape index (κ2) is 12.9. The van der Waals surface area contributed by atoms with Gasteiger partial charge < -0.3 is 25.4 Å². The molecule has 0 saturated carbocycles. The van der Waals surface area contributed by atoms with Crippen molar-refractivity contribution in [2.24, 2.45) is 17.3 Å². The average Bonchev–Trinajstić information content (AvgIpc) is 3.18. The van der Waals surface area contributed by atoms with Crippen LogP contribution in [0.5, 0.6) is 0 Å². The number of hydrogen-bond acceptors (Lipinski definition) is 9. The Morgan fingerprint density at radius 2 is 2.00 bits per heavy atom. The minimum Gasteiger partial charge on any atom is -0.395 e. The zero-order chi connectivity index (χ0) is 28.3. The number of fused-ring (bicyclic) bond motifs is 1. The molecule has 2 aliphatic rings. The average molecular weight is 552 g/mol. The van der Waals surface area contributed by atoms with Crippen LogP contribution in [-0.2, 0) is 9.53 Å². The Bertz CT molecular complexity index is 966. The standard InChI is InChI=1S/C29H49N3O5S/c1-18-9-8-11-29(6)23(32(29)12-13-33)16-22(19(2)15-21-17-38-27(30-7)31-21)37-14-10-24(34)28(4,5)26(36)20(3)25(18)35/h15,17-18,20,22-25,33-35H,8-14,16H2,1-7H3,(H,30,31)/b19-15+/t18-,20+,22-,23-,24-,25-,29+,32?/m0/s1. The van der Waals surface area contributed by atoms with Crippen LogP contribution in [0.4, 0.5) is 5.13 Å². The molecule has 8 nitrogen and oxygen atoms in total. The topological polar surface area (TPSA) is 115 Å². The van der Waals surface area contributed by atoms with Crippen molar-refractivity contribution in [3.05, 3.63) is 16.6 Å². The Hall–Kier alpha value is -1.36. The fourth-order valence-electron chi connectivity index (χ4n) is 6.21. The number of carbonyl (C=O) groups excluding carboxylic acids is 1. The van der Waals surface area contributed by atoms with Gasteiger partial charge in [-0.2, -0.15) is 0 Å². The Morgan fingerprint density at radius 1 is 1.29 bits per heavy atom. The number of anilines is 1. The van der Waals surface area contributed by atoms with E-state index in [1.54, 1.807) is 32.1 Å². The van der Waals surface area contributed by atoms with Crippen molar-refractivity contribution in [1.82, 2.24) is 9.88 Å². The number of carbonyl (C=O) groups is 1. The molecule has 3 rings (SSSR count). The second-order valence-corrected chi connectivity index (χ2v) is 13.0. The summed E-state index contributed by atoms with van der Waals surface area (Å²) in [5, 5.41) is 37.7. The molecule has 8 atom stereocenters. The summed E-state index contributed by atoms with van der Waals surface area (Å²) in [5.74, 6) is -0.697. The van der Waals surface area contributed by atoms with Crippen molar-refractivity contribution >= 4 is 28.3 Å². The molecule has 0 radical (unpaired) electrons. The van der Waals surface area contributed by atoms with Crippen LogP contribution in [0, 0.1) is 17.3 Å². The Balaban J connectivity index is 1.87. The third kappa shape index (κ3) is 6.85. The van der Waals surface area contributed by atoms with Gasteiger partial charge >= 0.3 is 0 Å². The predicted octanol–water partition coefficient (Wildman–Crippen LogP) is 3.96. The molecule has 3 heterocycles. The molecule has 1 aromatic rings. The molecule has 0 bridgehead atoms. The number of thiazole rings is 1. The van der Waals surface area contributed by atoms with E-state index in [4.69, 9.17) is 4.74 Å². The van der Waals surface area contributed by atoms with E-state index in [0.29, 0.717) is 19.6 Å². The minimum atomic E-state index is -0.988. The monoisotopic (exact) mass is 551 g/mol. The van der Waals surface area contributed by atoms with Crippen molar-refractivity contribution in [3.63, 3.8) is 0 Å². The summed E-state index contributed by atoms with van der Waals surface area (Å²) in [5.41, 5.74) is 0.909. The number of hydrogen-bond donors (Lipinski definition) is 4. The summed E-state index contributed by atoms with van der Waals surface area (Å²) in [6, 6.07) is 0.265. The van der Waals surface area contributed by atoms with Gasteiger partial charge in [-0.25, -0.2) is 4.98 Å². The van der Waals surface area contributed by atoms with E-state index in [1.807, 2.05) is 19.4 Å². The van der Waals surface area contributed by atoms with Gasteiger partial charge in [0.15, 0.2) is 5.13 Å². The second-order valence-electron chi connectivity index (χ2n) is 12.1. The zero-order valence-corrected chi connectivity index (χ0v) is 25.1. The number of aliphatic hydroxyl groups is 3. The molecule has 2 aliphatic heterocycles. The number of rotatable bonds is 5. The largest absolute Gasteiger partial charge is 0.395 e. The van der Waals surface area contributed by atoms with E-state index < -0.39 is 23.5 Å². The molecular formula is C29H49N3O5S. The maximum Gasteiger partial charge on any atom is 0.182 e. The molecule has 38 heavy (non-hydrogen) atoms. The molecular weight excluding hydrogens is 502 g/mol. The van der Waals surface area contributed by atoms with Gasteiger partial charge in [0.05, 0.1) is 30.6 Å². The van der Waals surface area contributed by atoms with Crippen molar-refractivity contribution in [3.8, 4) is 0 Å². The van der Waals surface area contributed by atoms with Crippen LogP contribution in [0.15, 0.2) is 11.0 Å². The van der Waals surface area contributed by atoms with Gasteiger partial charge in [0, 0.05) is 48.5 Å². The maximum absolute atomic E-state index is 13.3. The van der Waals surface area contributed by atoms with E-state index >= 15 is 0 Å².